The smallest absolute Gasteiger partial charge is 0.309 e. The van der Waals surface area contributed by atoms with Crippen molar-refractivity contribution in [2.45, 2.75) is 26.2 Å². The Morgan fingerprint density at radius 1 is 1.44 bits per heavy atom. The van der Waals surface area contributed by atoms with Gasteiger partial charge in [0.05, 0.1) is 5.92 Å². The fraction of sp³-hybridized carbons (Fsp3) is 0.429. The summed E-state index contributed by atoms with van der Waals surface area (Å²) >= 11 is 0. The number of ether oxygens (including phenoxy) is 1. The monoisotopic (exact) mass is 248 g/mol. The van der Waals surface area contributed by atoms with Gasteiger partial charge in [-0.1, -0.05) is 19.1 Å². The van der Waals surface area contributed by atoms with Gasteiger partial charge in [0.15, 0.2) is 5.78 Å². The zero-order valence-corrected chi connectivity index (χ0v) is 10.3. The van der Waals surface area contributed by atoms with Crippen molar-refractivity contribution in [2.75, 3.05) is 6.61 Å². The Kier molecular flexibility index (Phi) is 3.65. The van der Waals surface area contributed by atoms with E-state index in [-0.39, 0.29) is 12.4 Å². The molecule has 1 unspecified atom stereocenters. The lowest BCUT2D eigenvalue weighted by atomic mass is 10.1. The molecule has 0 heterocycles. The van der Waals surface area contributed by atoms with Crippen LogP contribution in [0.25, 0.3) is 0 Å². The number of carbonyl (C=O) groups is 2. The molecule has 1 aliphatic rings. The summed E-state index contributed by atoms with van der Waals surface area (Å²) in [7, 11) is 0. The fourth-order valence-corrected chi connectivity index (χ4v) is 2.15. The highest BCUT2D eigenvalue weighted by molar-refractivity contribution is 6.01. The SMILES string of the molecule is CCC(COc1cccc2c1CCC2=O)C(=O)O. The molecule has 96 valence electrons. The zero-order chi connectivity index (χ0) is 13.1. The van der Waals surface area contributed by atoms with E-state index in [4.69, 9.17) is 9.84 Å². The Morgan fingerprint density at radius 2 is 2.22 bits per heavy atom. The lowest BCUT2D eigenvalue weighted by molar-refractivity contribution is -0.142. The van der Waals surface area contributed by atoms with E-state index in [2.05, 4.69) is 0 Å². The largest absolute Gasteiger partial charge is 0.492 e. The van der Waals surface area contributed by atoms with E-state index in [1.807, 2.05) is 6.92 Å². The third kappa shape index (κ3) is 2.37. The average Bonchev–Trinajstić information content (AvgIpc) is 2.73. The van der Waals surface area contributed by atoms with Crippen molar-refractivity contribution in [2.24, 2.45) is 5.92 Å². The highest BCUT2D eigenvalue weighted by Gasteiger charge is 2.23. The molecule has 1 aliphatic carbocycles. The summed E-state index contributed by atoms with van der Waals surface area (Å²) in [5, 5.41) is 8.95. The number of carboxylic acid groups (broad SMARTS) is 1. The first-order chi connectivity index (χ1) is 8.63. The molecular formula is C14H16O4. The van der Waals surface area contributed by atoms with Gasteiger partial charge in [-0.15, -0.1) is 0 Å². The highest BCUT2D eigenvalue weighted by Crippen LogP contribution is 2.30. The molecule has 0 amide bonds. The van der Waals surface area contributed by atoms with Crippen LogP contribution < -0.4 is 4.74 Å². The molecule has 0 spiro atoms. The zero-order valence-electron chi connectivity index (χ0n) is 10.3. The number of rotatable bonds is 5. The van der Waals surface area contributed by atoms with Crippen molar-refractivity contribution >= 4 is 11.8 Å². The number of benzene rings is 1. The molecule has 1 atom stereocenters. The van der Waals surface area contributed by atoms with E-state index >= 15 is 0 Å². The predicted molar refractivity (Wildman–Crippen MR) is 66.0 cm³/mol. The van der Waals surface area contributed by atoms with Crippen LogP contribution in [0.2, 0.25) is 0 Å². The first-order valence-corrected chi connectivity index (χ1v) is 6.14. The molecule has 2 rings (SSSR count). The van der Waals surface area contributed by atoms with Gasteiger partial charge < -0.3 is 9.84 Å². The van der Waals surface area contributed by atoms with Gasteiger partial charge >= 0.3 is 5.97 Å². The minimum Gasteiger partial charge on any atom is -0.492 e. The minimum absolute atomic E-state index is 0.140. The van der Waals surface area contributed by atoms with Crippen molar-refractivity contribution in [3.8, 4) is 5.75 Å². The molecule has 0 fully saturated rings. The number of Topliss-reactive ketones (excluding diaryl/α,β-unsaturated/α-hetero) is 1. The van der Waals surface area contributed by atoms with E-state index in [9.17, 15) is 9.59 Å². The van der Waals surface area contributed by atoms with Gasteiger partial charge in [0.1, 0.15) is 12.4 Å². The van der Waals surface area contributed by atoms with Crippen molar-refractivity contribution in [1.29, 1.82) is 0 Å². The van der Waals surface area contributed by atoms with Gasteiger partial charge in [-0.3, -0.25) is 9.59 Å². The maximum Gasteiger partial charge on any atom is 0.309 e. The molecule has 0 radical (unpaired) electrons. The number of ketones is 1. The van der Waals surface area contributed by atoms with Crippen LogP contribution >= 0.6 is 0 Å². The summed E-state index contributed by atoms with van der Waals surface area (Å²) in [6, 6.07) is 5.37. The number of carbonyl (C=O) groups excluding carboxylic acids is 1. The topological polar surface area (TPSA) is 63.6 Å². The van der Waals surface area contributed by atoms with Crippen LogP contribution in [0.3, 0.4) is 0 Å². The van der Waals surface area contributed by atoms with Crippen LogP contribution in [-0.4, -0.2) is 23.5 Å². The summed E-state index contributed by atoms with van der Waals surface area (Å²) in [4.78, 5) is 22.5. The number of hydrogen-bond donors (Lipinski definition) is 1. The second-order valence-corrected chi connectivity index (χ2v) is 4.46. The number of fused-ring (bicyclic) bond motifs is 1. The molecule has 1 N–H and O–H groups in total. The summed E-state index contributed by atoms with van der Waals surface area (Å²) in [5.41, 5.74) is 1.64. The molecular weight excluding hydrogens is 232 g/mol. The molecule has 18 heavy (non-hydrogen) atoms. The Balaban J connectivity index is 2.11. The summed E-state index contributed by atoms with van der Waals surface area (Å²) < 4.78 is 5.58. The molecule has 0 saturated heterocycles. The van der Waals surface area contributed by atoms with Crippen LogP contribution in [0.15, 0.2) is 18.2 Å². The molecule has 1 aromatic carbocycles. The molecule has 4 nitrogen and oxygen atoms in total. The highest BCUT2D eigenvalue weighted by atomic mass is 16.5. The first-order valence-electron chi connectivity index (χ1n) is 6.14. The Labute approximate surface area is 106 Å². The van der Waals surface area contributed by atoms with E-state index < -0.39 is 11.9 Å². The first kappa shape index (κ1) is 12.6. The Bertz CT molecular complexity index is 479. The van der Waals surface area contributed by atoms with Crippen LogP contribution in [0, 0.1) is 5.92 Å². The maximum atomic E-state index is 11.6. The van der Waals surface area contributed by atoms with E-state index in [1.165, 1.54) is 0 Å². The van der Waals surface area contributed by atoms with Crippen molar-refractivity contribution in [3.63, 3.8) is 0 Å². The van der Waals surface area contributed by atoms with Gasteiger partial charge in [-0.2, -0.15) is 0 Å². The minimum atomic E-state index is -0.846. The second-order valence-electron chi connectivity index (χ2n) is 4.46. The van der Waals surface area contributed by atoms with Crippen LogP contribution in [0.5, 0.6) is 5.75 Å². The van der Waals surface area contributed by atoms with Gasteiger partial charge in [0.2, 0.25) is 0 Å². The van der Waals surface area contributed by atoms with Gasteiger partial charge in [0.25, 0.3) is 0 Å². The van der Waals surface area contributed by atoms with Crippen LogP contribution in [-0.2, 0) is 11.2 Å². The third-order valence-electron chi connectivity index (χ3n) is 3.32. The maximum absolute atomic E-state index is 11.6. The molecule has 0 aromatic heterocycles. The molecule has 0 saturated carbocycles. The standard InChI is InChI=1S/C14H16O4/c1-2-9(14(16)17)8-18-13-5-3-4-10-11(13)6-7-12(10)15/h3-5,9H,2,6-8H2,1H3,(H,16,17). The average molecular weight is 248 g/mol. The van der Waals surface area contributed by atoms with Crippen LogP contribution in [0.4, 0.5) is 0 Å². The molecule has 0 bridgehead atoms. The van der Waals surface area contributed by atoms with Gasteiger partial charge in [0, 0.05) is 17.5 Å². The van der Waals surface area contributed by atoms with Crippen molar-refractivity contribution in [3.05, 3.63) is 29.3 Å². The number of hydrogen-bond acceptors (Lipinski definition) is 3. The number of aliphatic carboxylic acids is 1. The normalized spacial score (nSPS) is 15.3. The Hall–Kier alpha value is -1.84. The van der Waals surface area contributed by atoms with Gasteiger partial charge in [-0.05, 0) is 18.9 Å². The predicted octanol–water partition coefficient (Wildman–Crippen LogP) is 2.31. The van der Waals surface area contributed by atoms with E-state index in [0.717, 1.165) is 11.1 Å². The molecule has 1 aromatic rings. The molecule has 4 heteroatoms. The second kappa shape index (κ2) is 5.21. The van der Waals surface area contributed by atoms with Crippen LogP contribution in [0.1, 0.15) is 35.7 Å². The summed E-state index contributed by atoms with van der Waals surface area (Å²) in [6.07, 6.45) is 1.74. The van der Waals surface area contributed by atoms with Crippen molar-refractivity contribution < 1.29 is 19.4 Å². The fourth-order valence-electron chi connectivity index (χ4n) is 2.15. The quantitative estimate of drug-likeness (QED) is 0.868. The third-order valence-corrected chi connectivity index (χ3v) is 3.32. The summed E-state index contributed by atoms with van der Waals surface area (Å²) in [5.74, 6) is -0.558. The summed E-state index contributed by atoms with van der Waals surface area (Å²) in [6.45, 7) is 1.97. The lowest BCUT2D eigenvalue weighted by Crippen LogP contribution is -2.20. The van der Waals surface area contributed by atoms with E-state index in [1.54, 1.807) is 18.2 Å². The van der Waals surface area contributed by atoms with E-state index in [0.29, 0.717) is 25.0 Å². The molecule has 0 aliphatic heterocycles. The number of carboxylic acids is 1. The van der Waals surface area contributed by atoms with Gasteiger partial charge in [-0.25, -0.2) is 0 Å². The van der Waals surface area contributed by atoms with Crippen molar-refractivity contribution in [1.82, 2.24) is 0 Å². The Morgan fingerprint density at radius 3 is 2.89 bits per heavy atom. The lowest BCUT2D eigenvalue weighted by Gasteiger charge is -2.14.